The molecule has 1 amide bonds. The number of rotatable bonds is 14. The van der Waals surface area contributed by atoms with Crippen molar-refractivity contribution in [2.24, 2.45) is 16.6 Å². The van der Waals surface area contributed by atoms with Crippen molar-refractivity contribution in [3.63, 3.8) is 0 Å². The van der Waals surface area contributed by atoms with Gasteiger partial charge in [0.15, 0.2) is 0 Å². The van der Waals surface area contributed by atoms with Crippen molar-refractivity contribution < 1.29 is 4.79 Å². The lowest BCUT2D eigenvalue weighted by atomic mass is 10.0. The van der Waals surface area contributed by atoms with E-state index in [1.54, 1.807) is 0 Å². The molecule has 0 aromatic heterocycles. The number of carbonyl (C=O) groups is 1. The maximum Gasteiger partial charge on any atom is 0.251 e. The van der Waals surface area contributed by atoms with Crippen LogP contribution in [0.15, 0.2) is 29.3 Å². The maximum atomic E-state index is 13.5. The standard InChI is InChI=1S/C26H43N3O/c1-4-5-6-7-8-9-14-19-29-25-17-11-10-15-22(25)23(16-12-13-18-27)28-24(26(29)30)20-21(2)3/h10-11,15,17,21,24H,4-9,12-14,16,18-20,27H2,1-3H3. The van der Waals surface area contributed by atoms with Crippen LogP contribution in [0.5, 0.6) is 0 Å². The Morgan fingerprint density at radius 3 is 2.40 bits per heavy atom. The van der Waals surface area contributed by atoms with Crippen molar-refractivity contribution in [1.29, 1.82) is 0 Å². The predicted octanol–water partition coefficient (Wildman–Crippen LogP) is 6.12. The number of carbonyl (C=O) groups excluding carboxylic acids is 1. The minimum atomic E-state index is -0.269. The Hall–Kier alpha value is -1.68. The van der Waals surface area contributed by atoms with Crippen LogP contribution in [0.2, 0.25) is 0 Å². The molecule has 0 spiro atoms. The van der Waals surface area contributed by atoms with E-state index in [0.29, 0.717) is 12.5 Å². The molecule has 0 aliphatic carbocycles. The minimum absolute atomic E-state index is 0.177. The first-order valence-electron chi connectivity index (χ1n) is 12.3. The molecule has 0 saturated carbocycles. The SMILES string of the molecule is CCCCCCCCCN1C(=O)C(CC(C)C)N=C(CCCCN)c2ccccc21. The normalized spacial score (nSPS) is 16.6. The van der Waals surface area contributed by atoms with Crippen LogP contribution in [0.25, 0.3) is 0 Å². The quantitative estimate of drug-likeness (QED) is 0.374. The summed E-state index contributed by atoms with van der Waals surface area (Å²) in [5.41, 5.74) is 8.98. The number of para-hydroxylation sites is 1. The highest BCUT2D eigenvalue weighted by atomic mass is 16.2. The topological polar surface area (TPSA) is 58.7 Å². The highest BCUT2D eigenvalue weighted by Gasteiger charge is 2.31. The molecule has 4 nitrogen and oxygen atoms in total. The zero-order chi connectivity index (χ0) is 21.8. The summed E-state index contributed by atoms with van der Waals surface area (Å²) in [5, 5.41) is 0. The average molecular weight is 414 g/mol. The zero-order valence-corrected chi connectivity index (χ0v) is 19.5. The van der Waals surface area contributed by atoms with Gasteiger partial charge in [0.05, 0.1) is 5.69 Å². The lowest BCUT2D eigenvalue weighted by Crippen LogP contribution is -2.39. The van der Waals surface area contributed by atoms with Gasteiger partial charge in [-0.15, -0.1) is 0 Å². The molecule has 1 aromatic rings. The number of unbranched alkanes of at least 4 members (excludes halogenated alkanes) is 7. The largest absolute Gasteiger partial charge is 0.330 e. The number of nitrogens with zero attached hydrogens (tertiary/aromatic N) is 2. The van der Waals surface area contributed by atoms with Crippen molar-refractivity contribution in [3.8, 4) is 0 Å². The Balaban J connectivity index is 2.16. The molecule has 0 saturated heterocycles. The van der Waals surface area contributed by atoms with Crippen molar-refractivity contribution >= 4 is 17.3 Å². The minimum Gasteiger partial charge on any atom is -0.330 e. The Morgan fingerprint density at radius 2 is 1.70 bits per heavy atom. The first-order valence-corrected chi connectivity index (χ1v) is 12.3. The van der Waals surface area contributed by atoms with Gasteiger partial charge in [-0.25, -0.2) is 0 Å². The van der Waals surface area contributed by atoms with Gasteiger partial charge in [0.25, 0.3) is 5.91 Å². The van der Waals surface area contributed by atoms with E-state index < -0.39 is 0 Å². The number of amides is 1. The van der Waals surface area contributed by atoms with E-state index >= 15 is 0 Å². The Labute approximate surface area is 184 Å². The van der Waals surface area contributed by atoms with Crippen LogP contribution in [-0.4, -0.2) is 30.8 Å². The summed E-state index contributed by atoms with van der Waals surface area (Å²) in [7, 11) is 0. The fourth-order valence-corrected chi connectivity index (χ4v) is 4.26. The van der Waals surface area contributed by atoms with Gasteiger partial charge in [-0.1, -0.05) is 77.5 Å². The highest BCUT2D eigenvalue weighted by Crippen LogP contribution is 2.30. The molecule has 1 aromatic carbocycles. The summed E-state index contributed by atoms with van der Waals surface area (Å²) < 4.78 is 0. The average Bonchev–Trinajstić information content (AvgIpc) is 2.83. The number of hydrogen-bond donors (Lipinski definition) is 1. The molecular formula is C26H43N3O. The van der Waals surface area contributed by atoms with E-state index in [1.807, 2.05) is 11.0 Å². The maximum absolute atomic E-state index is 13.5. The highest BCUT2D eigenvalue weighted by molar-refractivity contribution is 6.12. The lowest BCUT2D eigenvalue weighted by Gasteiger charge is -2.26. The van der Waals surface area contributed by atoms with E-state index in [-0.39, 0.29) is 11.9 Å². The van der Waals surface area contributed by atoms with Gasteiger partial charge < -0.3 is 10.6 Å². The van der Waals surface area contributed by atoms with Crippen LogP contribution < -0.4 is 10.6 Å². The van der Waals surface area contributed by atoms with Gasteiger partial charge in [0.2, 0.25) is 0 Å². The van der Waals surface area contributed by atoms with Crippen molar-refractivity contribution in [1.82, 2.24) is 0 Å². The van der Waals surface area contributed by atoms with Gasteiger partial charge >= 0.3 is 0 Å². The monoisotopic (exact) mass is 413 g/mol. The van der Waals surface area contributed by atoms with Gasteiger partial charge in [0.1, 0.15) is 6.04 Å². The molecule has 0 radical (unpaired) electrons. The Kier molecular flexibility index (Phi) is 11.1. The summed E-state index contributed by atoms with van der Waals surface area (Å²) in [6.45, 7) is 8.10. The molecule has 1 aliphatic rings. The summed E-state index contributed by atoms with van der Waals surface area (Å²) >= 11 is 0. The molecule has 2 rings (SSSR count). The van der Waals surface area contributed by atoms with Crippen LogP contribution in [-0.2, 0) is 4.79 Å². The first-order chi connectivity index (χ1) is 14.6. The number of benzodiazepines with no additional fused rings is 1. The van der Waals surface area contributed by atoms with E-state index in [9.17, 15) is 4.79 Å². The number of benzene rings is 1. The third-order valence-electron chi connectivity index (χ3n) is 5.92. The fraction of sp³-hybridized carbons (Fsp3) is 0.692. The molecule has 1 aliphatic heterocycles. The lowest BCUT2D eigenvalue weighted by molar-refractivity contribution is -0.120. The smallest absolute Gasteiger partial charge is 0.251 e. The fourth-order valence-electron chi connectivity index (χ4n) is 4.26. The number of hydrogen-bond acceptors (Lipinski definition) is 3. The number of anilines is 1. The van der Waals surface area contributed by atoms with Crippen molar-refractivity contribution in [3.05, 3.63) is 29.8 Å². The van der Waals surface area contributed by atoms with Crippen LogP contribution in [0.4, 0.5) is 5.69 Å². The number of nitrogens with two attached hydrogens (primary N) is 1. The van der Waals surface area contributed by atoms with E-state index in [1.165, 1.54) is 38.5 Å². The zero-order valence-electron chi connectivity index (χ0n) is 19.5. The van der Waals surface area contributed by atoms with Gasteiger partial charge in [-0.3, -0.25) is 9.79 Å². The Morgan fingerprint density at radius 1 is 1.00 bits per heavy atom. The van der Waals surface area contributed by atoms with Crippen LogP contribution in [0, 0.1) is 5.92 Å². The Bertz CT molecular complexity index is 668. The summed E-state index contributed by atoms with van der Waals surface area (Å²) in [6, 6.07) is 8.08. The predicted molar refractivity (Wildman–Crippen MR) is 129 cm³/mol. The van der Waals surface area contributed by atoms with E-state index in [4.69, 9.17) is 10.7 Å². The summed E-state index contributed by atoms with van der Waals surface area (Å²) in [4.78, 5) is 20.6. The molecule has 30 heavy (non-hydrogen) atoms. The molecule has 0 fully saturated rings. The molecule has 168 valence electrons. The van der Waals surface area contributed by atoms with Crippen LogP contribution in [0.1, 0.15) is 97.0 Å². The van der Waals surface area contributed by atoms with E-state index in [2.05, 4.69) is 39.0 Å². The second-order valence-corrected chi connectivity index (χ2v) is 9.10. The molecular weight excluding hydrogens is 370 g/mol. The third-order valence-corrected chi connectivity index (χ3v) is 5.92. The molecule has 1 unspecified atom stereocenters. The summed E-state index contributed by atoms with van der Waals surface area (Å²) in [5.74, 6) is 0.616. The second-order valence-electron chi connectivity index (χ2n) is 9.10. The van der Waals surface area contributed by atoms with Gasteiger partial charge in [0, 0.05) is 17.8 Å². The second kappa shape index (κ2) is 13.6. The molecule has 4 heteroatoms. The summed E-state index contributed by atoms with van der Waals surface area (Å²) in [6.07, 6.45) is 12.5. The first kappa shape index (κ1) is 24.6. The van der Waals surface area contributed by atoms with E-state index in [0.717, 1.165) is 55.6 Å². The van der Waals surface area contributed by atoms with Gasteiger partial charge in [-0.2, -0.15) is 0 Å². The van der Waals surface area contributed by atoms with Crippen LogP contribution in [0.3, 0.4) is 0 Å². The number of fused-ring (bicyclic) bond motifs is 1. The van der Waals surface area contributed by atoms with Crippen LogP contribution >= 0.6 is 0 Å². The molecule has 2 N–H and O–H groups in total. The van der Waals surface area contributed by atoms with Crippen molar-refractivity contribution in [2.45, 2.75) is 97.4 Å². The number of aliphatic imine (C=N–C) groups is 1. The van der Waals surface area contributed by atoms with Gasteiger partial charge in [-0.05, 0) is 50.6 Å². The molecule has 1 heterocycles. The third kappa shape index (κ3) is 7.54. The molecule has 1 atom stereocenters. The van der Waals surface area contributed by atoms with Crippen molar-refractivity contribution in [2.75, 3.05) is 18.0 Å². The molecule has 0 bridgehead atoms.